The molecule has 0 bridgehead atoms. The summed E-state index contributed by atoms with van der Waals surface area (Å²) in [5.41, 5.74) is 4.99. The molecule has 2 aromatic rings. The van der Waals surface area contributed by atoms with Crippen molar-refractivity contribution < 1.29 is 8.78 Å². The van der Waals surface area contributed by atoms with Crippen molar-refractivity contribution in [2.24, 2.45) is 0 Å². The fraction of sp³-hybridized carbons (Fsp3) is 0.273. The highest BCUT2D eigenvalue weighted by Crippen LogP contribution is 2.33. The third-order valence-corrected chi connectivity index (χ3v) is 3.47. The maximum absolute atomic E-state index is 13.3. The van der Waals surface area contributed by atoms with Gasteiger partial charge in [-0.25, -0.2) is 18.7 Å². The molecule has 2 rings (SSSR count). The van der Waals surface area contributed by atoms with Gasteiger partial charge in [0.05, 0.1) is 5.69 Å². The fourth-order valence-corrected chi connectivity index (χ4v) is 2.62. The van der Waals surface area contributed by atoms with Crippen LogP contribution in [0.5, 0.6) is 0 Å². The van der Waals surface area contributed by atoms with Gasteiger partial charge in [0.2, 0.25) is 0 Å². The van der Waals surface area contributed by atoms with Crippen LogP contribution in [0.3, 0.4) is 0 Å². The minimum atomic E-state index is -0.837. The van der Waals surface area contributed by atoms with E-state index in [1.54, 1.807) is 13.8 Å². The van der Waals surface area contributed by atoms with Gasteiger partial charge in [-0.1, -0.05) is 0 Å². The molecule has 0 unspecified atom stereocenters. The Hall–Kier alpha value is -1.83. The van der Waals surface area contributed by atoms with Crippen LogP contribution in [0.15, 0.2) is 27.0 Å². The zero-order chi connectivity index (χ0) is 14.2. The van der Waals surface area contributed by atoms with Crippen molar-refractivity contribution in [1.29, 1.82) is 0 Å². The first-order valence-corrected chi connectivity index (χ1v) is 6.31. The Labute approximate surface area is 111 Å². The summed E-state index contributed by atoms with van der Waals surface area (Å²) in [5.74, 6) is -1.57. The van der Waals surface area contributed by atoms with Crippen molar-refractivity contribution in [3.63, 3.8) is 0 Å². The lowest BCUT2D eigenvalue weighted by atomic mass is 10.3. The molecule has 0 aliphatic carbocycles. The number of hydrogen-bond donors (Lipinski definition) is 2. The van der Waals surface area contributed by atoms with Crippen LogP contribution >= 0.6 is 11.8 Å². The van der Waals surface area contributed by atoms with Crippen LogP contribution < -0.4 is 11.4 Å². The van der Waals surface area contributed by atoms with Gasteiger partial charge in [0.25, 0.3) is 0 Å². The maximum atomic E-state index is 13.3. The molecule has 0 amide bonds. The lowest BCUT2D eigenvalue weighted by Crippen LogP contribution is -2.19. The zero-order valence-corrected chi connectivity index (χ0v) is 11.1. The van der Waals surface area contributed by atoms with Gasteiger partial charge in [-0.15, -0.1) is 5.10 Å². The highest BCUT2D eigenvalue weighted by Gasteiger charge is 2.16. The number of halogens is 2. The van der Waals surface area contributed by atoms with E-state index in [0.717, 1.165) is 17.8 Å². The Morgan fingerprint density at radius 2 is 2.11 bits per heavy atom. The molecular weight excluding hydrogens is 274 g/mol. The van der Waals surface area contributed by atoms with E-state index in [4.69, 9.17) is 5.73 Å². The van der Waals surface area contributed by atoms with Crippen molar-refractivity contribution >= 4 is 17.4 Å². The number of nitrogens with two attached hydrogens (primary N) is 1. The Kier molecular flexibility index (Phi) is 3.61. The first-order chi connectivity index (χ1) is 8.90. The quantitative estimate of drug-likeness (QED) is 0.848. The lowest BCUT2D eigenvalue weighted by molar-refractivity contribution is 0.534. The molecule has 0 aliphatic heterocycles. The molecule has 0 spiro atoms. The van der Waals surface area contributed by atoms with Gasteiger partial charge >= 0.3 is 5.69 Å². The Morgan fingerprint density at radius 3 is 2.74 bits per heavy atom. The van der Waals surface area contributed by atoms with Gasteiger partial charge in [0, 0.05) is 17.0 Å². The van der Waals surface area contributed by atoms with Crippen LogP contribution in [-0.2, 0) is 0 Å². The van der Waals surface area contributed by atoms with Crippen LogP contribution in [0.2, 0.25) is 0 Å². The van der Waals surface area contributed by atoms with Crippen LogP contribution in [-0.4, -0.2) is 14.8 Å². The fourth-order valence-electron chi connectivity index (χ4n) is 1.56. The van der Waals surface area contributed by atoms with Crippen molar-refractivity contribution in [2.75, 3.05) is 5.73 Å². The second-order valence-electron chi connectivity index (χ2n) is 4.18. The molecule has 0 atom stereocenters. The summed E-state index contributed by atoms with van der Waals surface area (Å²) >= 11 is 0.934. The van der Waals surface area contributed by atoms with Gasteiger partial charge in [-0.3, -0.25) is 4.57 Å². The molecule has 1 aromatic heterocycles. The normalized spacial score (nSPS) is 11.2. The second-order valence-corrected chi connectivity index (χ2v) is 5.19. The maximum Gasteiger partial charge on any atom is 0.344 e. The molecule has 8 heteroatoms. The predicted octanol–water partition coefficient (Wildman–Crippen LogP) is 2.16. The molecule has 0 saturated carbocycles. The summed E-state index contributed by atoms with van der Waals surface area (Å²) in [6.07, 6.45) is 0. The number of benzene rings is 1. The average molecular weight is 286 g/mol. The summed E-state index contributed by atoms with van der Waals surface area (Å²) in [5, 5.41) is 6.42. The van der Waals surface area contributed by atoms with E-state index in [2.05, 4.69) is 10.2 Å². The van der Waals surface area contributed by atoms with Gasteiger partial charge < -0.3 is 5.73 Å². The first kappa shape index (κ1) is 13.6. The molecule has 1 heterocycles. The van der Waals surface area contributed by atoms with Crippen LogP contribution in [0.4, 0.5) is 14.5 Å². The minimum absolute atomic E-state index is 0.131. The number of anilines is 1. The summed E-state index contributed by atoms with van der Waals surface area (Å²) < 4.78 is 27.9. The molecule has 0 fully saturated rings. The molecule has 0 saturated heterocycles. The molecule has 0 radical (unpaired) electrons. The van der Waals surface area contributed by atoms with E-state index < -0.39 is 11.6 Å². The van der Waals surface area contributed by atoms with Crippen molar-refractivity contribution in [2.45, 2.75) is 29.9 Å². The number of nitrogens with one attached hydrogen (secondary N) is 1. The van der Waals surface area contributed by atoms with Crippen LogP contribution in [0.1, 0.15) is 19.9 Å². The molecule has 19 heavy (non-hydrogen) atoms. The summed E-state index contributed by atoms with van der Waals surface area (Å²) in [6.45, 7) is 3.60. The molecular formula is C11H12F2N4OS. The van der Waals surface area contributed by atoms with E-state index in [1.807, 2.05) is 0 Å². The van der Waals surface area contributed by atoms with E-state index in [9.17, 15) is 13.6 Å². The third kappa shape index (κ3) is 2.62. The second kappa shape index (κ2) is 5.04. The lowest BCUT2D eigenvalue weighted by Gasteiger charge is -2.10. The topological polar surface area (TPSA) is 76.7 Å². The molecule has 3 N–H and O–H groups in total. The van der Waals surface area contributed by atoms with Gasteiger partial charge in [-0.05, 0) is 31.7 Å². The van der Waals surface area contributed by atoms with E-state index >= 15 is 0 Å². The Balaban J connectivity index is 2.45. The molecule has 1 aromatic carbocycles. The predicted molar refractivity (Wildman–Crippen MR) is 68.1 cm³/mol. The first-order valence-electron chi connectivity index (χ1n) is 5.49. The van der Waals surface area contributed by atoms with E-state index in [-0.39, 0.29) is 22.3 Å². The summed E-state index contributed by atoms with van der Waals surface area (Å²) in [7, 11) is 0. The summed E-state index contributed by atoms with van der Waals surface area (Å²) in [6, 6.07) is 1.68. The number of aromatic amines is 1. The van der Waals surface area contributed by atoms with E-state index in [1.165, 1.54) is 4.57 Å². The number of H-pyrrole nitrogens is 1. The Bertz CT molecular complexity index is 665. The molecule has 102 valence electrons. The Morgan fingerprint density at radius 1 is 1.42 bits per heavy atom. The number of aromatic nitrogens is 3. The number of hydrogen-bond acceptors (Lipinski definition) is 4. The van der Waals surface area contributed by atoms with Crippen LogP contribution in [0.25, 0.3) is 0 Å². The highest BCUT2D eigenvalue weighted by molar-refractivity contribution is 7.99. The monoisotopic (exact) mass is 286 g/mol. The minimum Gasteiger partial charge on any atom is -0.395 e. The number of nitrogen functional groups attached to an aromatic ring is 1. The van der Waals surface area contributed by atoms with Crippen molar-refractivity contribution in [1.82, 2.24) is 14.8 Å². The summed E-state index contributed by atoms with van der Waals surface area (Å²) in [4.78, 5) is 11.7. The SMILES string of the molecule is CC(C)n1c(Sc2cc(F)cc(F)c2N)n[nH]c1=O. The third-order valence-electron chi connectivity index (χ3n) is 2.45. The van der Waals surface area contributed by atoms with Crippen LogP contribution in [0, 0.1) is 11.6 Å². The largest absolute Gasteiger partial charge is 0.395 e. The number of nitrogens with zero attached hydrogens (tertiary/aromatic N) is 2. The zero-order valence-electron chi connectivity index (χ0n) is 10.3. The smallest absolute Gasteiger partial charge is 0.344 e. The number of rotatable bonds is 3. The molecule has 0 aliphatic rings. The highest BCUT2D eigenvalue weighted by atomic mass is 32.2. The van der Waals surface area contributed by atoms with Crippen molar-refractivity contribution in [3.05, 3.63) is 34.3 Å². The van der Waals surface area contributed by atoms with E-state index in [0.29, 0.717) is 11.2 Å². The molecule has 5 nitrogen and oxygen atoms in total. The van der Waals surface area contributed by atoms with Gasteiger partial charge in [0.15, 0.2) is 5.16 Å². The van der Waals surface area contributed by atoms with Gasteiger partial charge in [-0.2, -0.15) is 0 Å². The standard InChI is InChI=1S/C11H12F2N4OS/c1-5(2)17-10(18)15-16-11(17)19-8-4-6(12)3-7(13)9(8)14/h3-5H,14H2,1-2H3,(H,15,18). The van der Waals surface area contributed by atoms with Gasteiger partial charge in [0.1, 0.15) is 11.6 Å². The van der Waals surface area contributed by atoms with Crippen molar-refractivity contribution in [3.8, 4) is 0 Å². The average Bonchev–Trinajstić information content (AvgIpc) is 2.66.